The minimum absolute atomic E-state index is 0.0579. The van der Waals surface area contributed by atoms with Crippen molar-refractivity contribution in [1.82, 2.24) is 0 Å². The van der Waals surface area contributed by atoms with E-state index in [0.29, 0.717) is 36.4 Å². The van der Waals surface area contributed by atoms with Crippen molar-refractivity contribution in [3.63, 3.8) is 0 Å². The van der Waals surface area contributed by atoms with Crippen LogP contribution in [-0.4, -0.2) is 5.78 Å². The molecule has 0 radical (unpaired) electrons. The Balaban J connectivity index is 1.67. The summed E-state index contributed by atoms with van der Waals surface area (Å²) in [7, 11) is 0. The van der Waals surface area contributed by atoms with Crippen molar-refractivity contribution in [3.05, 3.63) is 115 Å². The fraction of sp³-hybridized carbons (Fsp3) is 0.273. The van der Waals surface area contributed by atoms with Crippen LogP contribution in [0.1, 0.15) is 54.9 Å². The number of hydrogen-bond acceptors (Lipinski definition) is 5. The van der Waals surface area contributed by atoms with Gasteiger partial charge in [-0.25, -0.2) is 0 Å². The van der Waals surface area contributed by atoms with E-state index in [4.69, 9.17) is 10.5 Å². The number of aryl methyl sites for hydroxylation is 2. The standard InChI is InChI=1S/C33H31Br2N3O2/c1-19-12-20(2)24(13-21(19)18-40-29-11-6-5-10-26(29)35)30-25(17-36)32(37)38(23-9-7-8-22(34)14-23)27-15-33(3,4)16-28(39)31(27)30/h5-14,30H,15-16,18,37H2,1-4H3. The Morgan fingerprint density at radius 2 is 1.80 bits per heavy atom. The Kier molecular flexibility index (Phi) is 7.69. The molecular weight excluding hydrogens is 630 g/mol. The zero-order valence-corrected chi connectivity index (χ0v) is 26.2. The number of anilines is 1. The molecule has 0 spiro atoms. The van der Waals surface area contributed by atoms with E-state index in [1.165, 1.54) is 0 Å². The van der Waals surface area contributed by atoms with Crippen molar-refractivity contribution in [3.8, 4) is 11.8 Å². The van der Waals surface area contributed by atoms with Crippen LogP contribution in [0.5, 0.6) is 5.75 Å². The number of ether oxygens (including phenoxy) is 1. The smallest absolute Gasteiger partial charge is 0.162 e. The topological polar surface area (TPSA) is 79.4 Å². The Morgan fingerprint density at radius 1 is 1.05 bits per heavy atom. The largest absolute Gasteiger partial charge is 0.488 e. The molecule has 0 saturated heterocycles. The summed E-state index contributed by atoms with van der Waals surface area (Å²) in [6, 6.07) is 22.1. The number of halogens is 2. The third kappa shape index (κ3) is 5.23. The van der Waals surface area contributed by atoms with Crippen LogP contribution in [0.25, 0.3) is 0 Å². The number of nitrogens with two attached hydrogens (primary N) is 1. The van der Waals surface area contributed by atoms with Gasteiger partial charge in [0.1, 0.15) is 18.2 Å². The molecule has 5 nitrogen and oxygen atoms in total. The zero-order chi connectivity index (χ0) is 28.8. The first-order valence-electron chi connectivity index (χ1n) is 13.2. The molecule has 7 heteroatoms. The van der Waals surface area contributed by atoms with E-state index in [2.05, 4.69) is 70.8 Å². The molecule has 1 aliphatic heterocycles. The number of para-hydroxylation sites is 1. The first-order valence-corrected chi connectivity index (χ1v) is 14.8. The van der Waals surface area contributed by atoms with Gasteiger partial charge in [-0.15, -0.1) is 0 Å². The highest BCUT2D eigenvalue weighted by Crippen LogP contribution is 2.51. The number of Topliss-reactive ketones (excluding diaryl/α,β-unsaturated/α-hetero) is 1. The highest BCUT2D eigenvalue weighted by Gasteiger charge is 2.45. The number of nitrogens with zero attached hydrogens (tertiary/aromatic N) is 2. The van der Waals surface area contributed by atoms with Crippen molar-refractivity contribution < 1.29 is 9.53 Å². The number of nitriles is 1. The lowest BCUT2D eigenvalue weighted by Crippen LogP contribution is -2.42. The fourth-order valence-corrected chi connectivity index (χ4v) is 6.62. The highest BCUT2D eigenvalue weighted by atomic mass is 79.9. The summed E-state index contributed by atoms with van der Waals surface area (Å²) in [6.07, 6.45) is 1.08. The van der Waals surface area contributed by atoms with Gasteiger partial charge >= 0.3 is 0 Å². The van der Waals surface area contributed by atoms with Gasteiger partial charge in [0.15, 0.2) is 5.78 Å². The molecule has 3 aromatic carbocycles. The van der Waals surface area contributed by atoms with E-state index in [1.807, 2.05) is 60.4 Å². The van der Waals surface area contributed by atoms with Gasteiger partial charge in [0.05, 0.1) is 22.0 Å². The van der Waals surface area contributed by atoms with Crippen molar-refractivity contribution in [2.45, 2.75) is 53.1 Å². The molecule has 0 amide bonds. The van der Waals surface area contributed by atoms with Crippen molar-refractivity contribution in [2.24, 2.45) is 11.1 Å². The summed E-state index contributed by atoms with van der Waals surface area (Å²) >= 11 is 7.12. The molecule has 0 bridgehead atoms. The van der Waals surface area contributed by atoms with E-state index >= 15 is 0 Å². The normalized spacial score (nSPS) is 18.5. The molecule has 5 rings (SSSR count). The highest BCUT2D eigenvalue weighted by molar-refractivity contribution is 9.10. The van der Waals surface area contributed by atoms with E-state index in [-0.39, 0.29) is 11.2 Å². The first kappa shape index (κ1) is 28.2. The maximum atomic E-state index is 14.0. The minimum atomic E-state index is -0.546. The number of benzene rings is 3. The second-order valence-electron chi connectivity index (χ2n) is 11.3. The molecule has 0 aromatic heterocycles. The molecule has 1 aliphatic carbocycles. The SMILES string of the molecule is Cc1cc(C)c(C2C(C#N)=C(N)N(c3cccc(Br)c3)C3=C2C(=O)CC(C)(C)C3)cc1COc1ccccc1Br. The summed E-state index contributed by atoms with van der Waals surface area (Å²) in [5.41, 5.74) is 13.3. The molecule has 204 valence electrons. The lowest BCUT2D eigenvalue weighted by atomic mass is 9.68. The summed E-state index contributed by atoms with van der Waals surface area (Å²) in [4.78, 5) is 15.9. The Bertz CT molecular complexity index is 1630. The molecule has 2 N–H and O–H groups in total. The van der Waals surface area contributed by atoms with E-state index < -0.39 is 5.92 Å². The number of allylic oxidation sites excluding steroid dienone is 3. The Labute approximate surface area is 252 Å². The molecule has 1 heterocycles. The van der Waals surface area contributed by atoms with Gasteiger partial charge in [0, 0.05) is 27.9 Å². The first-order chi connectivity index (χ1) is 19.0. The lowest BCUT2D eigenvalue weighted by molar-refractivity contribution is -0.118. The average molecular weight is 661 g/mol. The number of hydrogen-bond donors (Lipinski definition) is 1. The lowest BCUT2D eigenvalue weighted by Gasteiger charge is -2.44. The third-order valence-corrected chi connectivity index (χ3v) is 8.85. The van der Waals surface area contributed by atoms with E-state index in [0.717, 1.165) is 48.3 Å². The predicted octanol–water partition coefficient (Wildman–Crippen LogP) is 8.35. The summed E-state index contributed by atoms with van der Waals surface area (Å²) < 4.78 is 7.94. The Hall–Kier alpha value is -3.34. The molecule has 3 aromatic rings. The van der Waals surface area contributed by atoms with Crippen molar-refractivity contribution in [2.75, 3.05) is 4.90 Å². The van der Waals surface area contributed by atoms with Crippen LogP contribution in [0.4, 0.5) is 5.69 Å². The number of rotatable bonds is 5. The van der Waals surface area contributed by atoms with Crippen LogP contribution >= 0.6 is 31.9 Å². The maximum Gasteiger partial charge on any atom is 0.162 e. The second-order valence-corrected chi connectivity index (χ2v) is 13.1. The fourth-order valence-electron chi connectivity index (χ4n) is 5.83. The van der Waals surface area contributed by atoms with Crippen molar-refractivity contribution >= 4 is 43.3 Å². The molecule has 2 aliphatic rings. The van der Waals surface area contributed by atoms with Crippen molar-refractivity contribution in [1.29, 1.82) is 5.26 Å². The van der Waals surface area contributed by atoms with Crippen LogP contribution in [-0.2, 0) is 11.4 Å². The molecule has 1 unspecified atom stereocenters. The van der Waals surface area contributed by atoms with Crippen LogP contribution < -0.4 is 15.4 Å². The zero-order valence-electron chi connectivity index (χ0n) is 23.0. The van der Waals surface area contributed by atoms with Crippen LogP contribution in [0.2, 0.25) is 0 Å². The van der Waals surface area contributed by atoms with Gasteiger partial charge in [0.25, 0.3) is 0 Å². The van der Waals surface area contributed by atoms with Gasteiger partial charge < -0.3 is 10.5 Å². The molecular formula is C33H31Br2N3O2. The number of carbonyl (C=O) groups excluding carboxylic acids is 1. The summed E-state index contributed by atoms with van der Waals surface area (Å²) in [6.45, 7) is 8.66. The maximum absolute atomic E-state index is 14.0. The van der Waals surface area contributed by atoms with Gasteiger partial charge in [-0.1, -0.05) is 60.1 Å². The quantitative estimate of drug-likeness (QED) is 0.298. The van der Waals surface area contributed by atoms with E-state index in [9.17, 15) is 10.1 Å². The third-order valence-electron chi connectivity index (χ3n) is 7.70. The average Bonchev–Trinajstić information content (AvgIpc) is 2.88. The van der Waals surface area contributed by atoms with Gasteiger partial charge in [-0.05, 0) is 94.2 Å². The molecule has 0 fully saturated rings. The monoisotopic (exact) mass is 659 g/mol. The molecule has 1 atom stereocenters. The molecule has 0 saturated carbocycles. The van der Waals surface area contributed by atoms with Gasteiger partial charge in [-0.3, -0.25) is 9.69 Å². The number of carbonyl (C=O) groups is 1. The molecule has 40 heavy (non-hydrogen) atoms. The Morgan fingerprint density at radius 3 is 2.50 bits per heavy atom. The summed E-state index contributed by atoms with van der Waals surface area (Å²) in [5, 5.41) is 10.5. The second kappa shape index (κ2) is 10.9. The number of ketones is 1. The van der Waals surface area contributed by atoms with Gasteiger partial charge in [0.2, 0.25) is 0 Å². The van der Waals surface area contributed by atoms with E-state index in [1.54, 1.807) is 0 Å². The van der Waals surface area contributed by atoms with Gasteiger partial charge in [-0.2, -0.15) is 5.26 Å². The van der Waals surface area contributed by atoms with Crippen LogP contribution in [0.3, 0.4) is 0 Å². The summed E-state index contributed by atoms with van der Waals surface area (Å²) in [5.74, 6) is 0.626. The predicted molar refractivity (Wildman–Crippen MR) is 166 cm³/mol. The van der Waals surface area contributed by atoms with Crippen LogP contribution in [0, 0.1) is 30.6 Å². The van der Waals surface area contributed by atoms with Crippen LogP contribution in [0.15, 0.2) is 92.3 Å². The minimum Gasteiger partial charge on any atom is -0.488 e.